The fourth-order valence-electron chi connectivity index (χ4n) is 5.97. The van der Waals surface area contributed by atoms with Gasteiger partial charge in [-0.05, 0) is 44.9 Å². The quantitative estimate of drug-likeness (QED) is 0.0275. The van der Waals surface area contributed by atoms with Crippen molar-refractivity contribution in [2.75, 3.05) is 33.0 Å². The van der Waals surface area contributed by atoms with E-state index in [-0.39, 0.29) is 32.3 Å². The minimum absolute atomic E-state index is 0.0952. The molecule has 51 heavy (non-hydrogen) atoms. The van der Waals surface area contributed by atoms with Gasteiger partial charge in [-0.15, -0.1) is 0 Å². The van der Waals surface area contributed by atoms with Gasteiger partial charge in [0.25, 0.3) is 0 Å². The Bertz CT molecular complexity index is 838. The lowest BCUT2D eigenvalue weighted by atomic mass is 10.0. The third kappa shape index (κ3) is 40.0. The van der Waals surface area contributed by atoms with Crippen LogP contribution in [0.2, 0.25) is 0 Å². The SMILES string of the molecule is CCCCCC/C=C\C/C=C\CCCCCCCCCC(=O)OC(COCCCCCCCCCCCCCCCC)COP(=O)(O)OCCN. The average molecular weight is 744 g/mol. The molecule has 0 heterocycles. The van der Waals surface area contributed by atoms with E-state index < -0.39 is 13.9 Å². The van der Waals surface area contributed by atoms with E-state index in [1.807, 2.05) is 0 Å². The Balaban J connectivity index is 4.03. The molecule has 0 aromatic heterocycles. The van der Waals surface area contributed by atoms with Crippen molar-refractivity contribution in [3.05, 3.63) is 24.3 Å². The fourth-order valence-corrected chi connectivity index (χ4v) is 6.73. The highest BCUT2D eigenvalue weighted by Gasteiger charge is 2.25. The Hall–Kier alpha value is -1.02. The molecule has 0 aliphatic carbocycles. The maximum absolute atomic E-state index is 12.6. The Kier molecular flexibility index (Phi) is 39.4. The molecule has 0 saturated heterocycles. The number of unbranched alkanes of at least 4 members (excludes halogenated alkanes) is 24. The summed E-state index contributed by atoms with van der Waals surface area (Å²) in [5.74, 6) is -0.336. The van der Waals surface area contributed by atoms with Gasteiger partial charge in [-0.2, -0.15) is 0 Å². The maximum atomic E-state index is 12.6. The second-order valence-electron chi connectivity index (χ2n) is 14.2. The van der Waals surface area contributed by atoms with Crippen LogP contribution in [0.15, 0.2) is 24.3 Å². The minimum atomic E-state index is -4.27. The zero-order chi connectivity index (χ0) is 37.4. The first-order valence-corrected chi connectivity index (χ1v) is 22.8. The molecule has 0 amide bonds. The number of hydrogen-bond donors (Lipinski definition) is 2. The summed E-state index contributed by atoms with van der Waals surface area (Å²) in [5, 5.41) is 0. The summed E-state index contributed by atoms with van der Waals surface area (Å²) in [6.45, 7) is 4.92. The molecule has 0 rings (SSSR count). The monoisotopic (exact) mass is 744 g/mol. The number of rotatable bonds is 41. The molecule has 0 aliphatic rings. The highest BCUT2D eigenvalue weighted by molar-refractivity contribution is 7.47. The minimum Gasteiger partial charge on any atom is -0.457 e. The van der Waals surface area contributed by atoms with Crippen LogP contribution in [-0.4, -0.2) is 49.9 Å². The number of ether oxygens (including phenoxy) is 2. The third-order valence-electron chi connectivity index (χ3n) is 9.12. The predicted molar refractivity (Wildman–Crippen MR) is 215 cm³/mol. The summed E-state index contributed by atoms with van der Waals surface area (Å²) in [6.07, 6.45) is 43.3. The van der Waals surface area contributed by atoms with Gasteiger partial charge in [0.2, 0.25) is 0 Å². The van der Waals surface area contributed by atoms with Crippen LogP contribution in [0.1, 0.15) is 200 Å². The van der Waals surface area contributed by atoms with Crippen LogP contribution in [0.4, 0.5) is 0 Å². The number of nitrogens with two attached hydrogens (primary N) is 1. The Morgan fingerprint density at radius 3 is 1.55 bits per heavy atom. The standard InChI is InChI=1S/C42H82NO7P/c1-3-5-7-9-11-13-15-17-19-20-21-22-23-25-27-29-31-33-35-42(44)50-41(40-49-51(45,46)48-38-36-43)39-47-37-34-32-30-28-26-24-18-16-14-12-10-8-6-4-2/h13,15,19-20,41H,3-12,14,16-18,21-40,43H2,1-2H3,(H,45,46)/b15-13-,20-19-. The summed E-state index contributed by atoms with van der Waals surface area (Å²) in [6, 6.07) is 0. The molecule has 3 N–H and O–H groups in total. The van der Waals surface area contributed by atoms with Gasteiger partial charge in [0, 0.05) is 19.6 Å². The number of carbonyl (C=O) groups is 1. The number of phosphoric acid groups is 1. The van der Waals surface area contributed by atoms with E-state index in [1.165, 1.54) is 135 Å². The molecule has 0 bridgehead atoms. The van der Waals surface area contributed by atoms with Gasteiger partial charge >= 0.3 is 13.8 Å². The van der Waals surface area contributed by atoms with Crippen molar-refractivity contribution in [2.24, 2.45) is 5.73 Å². The summed E-state index contributed by atoms with van der Waals surface area (Å²) >= 11 is 0. The molecule has 0 spiro atoms. The smallest absolute Gasteiger partial charge is 0.457 e. The fraction of sp³-hybridized carbons (Fsp3) is 0.881. The van der Waals surface area contributed by atoms with Crippen LogP contribution in [0.5, 0.6) is 0 Å². The van der Waals surface area contributed by atoms with E-state index in [0.29, 0.717) is 13.0 Å². The molecule has 0 fully saturated rings. The first-order valence-electron chi connectivity index (χ1n) is 21.3. The van der Waals surface area contributed by atoms with Crippen molar-refractivity contribution in [2.45, 2.75) is 206 Å². The predicted octanol–water partition coefficient (Wildman–Crippen LogP) is 12.5. The van der Waals surface area contributed by atoms with Crippen LogP contribution < -0.4 is 5.73 Å². The Morgan fingerprint density at radius 2 is 1.04 bits per heavy atom. The second kappa shape index (κ2) is 40.2. The van der Waals surface area contributed by atoms with Gasteiger partial charge in [-0.1, -0.05) is 173 Å². The van der Waals surface area contributed by atoms with Gasteiger partial charge in [-0.25, -0.2) is 4.57 Å². The molecule has 2 atom stereocenters. The van der Waals surface area contributed by atoms with Crippen molar-refractivity contribution in [1.29, 1.82) is 0 Å². The Morgan fingerprint density at radius 1 is 0.588 bits per heavy atom. The maximum Gasteiger partial charge on any atom is 0.472 e. The average Bonchev–Trinajstić information content (AvgIpc) is 3.12. The molecule has 9 heteroatoms. The van der Waals surface area contributed by atoms with Crippen LogP contribution in [0, 0.1) is 0 Å². The zero-order valence-corrected chi connectivity index (χ0v) is 34.2. The number of esters is 1. The van der Waals surface area contributed by atoms with E-state index in [2.05, 4.69) is 38.2 Å². The van der Waals surface area contributed by atoms with E-state index in [4.69, 9.17) is 24.3 Å². The number of hydrogen-bond acceptors (Lipinski definition) is 7. The van der Waals surface area contributed by atoms with Crippen LogP contribution in [-0.2, 0) is 27.9 Å². The molecule has 2 unspecified atom stereocenters. The second-order valence-corrected chi connectivity index (χ2v) is 15.7. The van der Waals surface area contributed by atoms with E-state index in [0.717, 1.165) is 44.9 Å². The lowest BCUT2D eigenvalue weighted by Crippen LogP contribution is -2.28. The topological polar surface area (TPSA) is 117 Å². The van der Waals surface area contributed by atoms with Crippen molar-refractivity contribution >= 4 is 13.8 Å². The summed E-state index contributed by atoms with van der Waals surface area (Å²) in [7, 11) is -4.27. The van der Waals surface area contributed by atoms with Crippen LogP contribution >= 0.6 is 7.82 Å². The molecule has 0 aliphatic heterocycles. The summed E-state index contributed by atoms with van der Waals surface area (Å²) in [5.41, 5.74) is 5.36. The van der Waals surface area contributed by atoms with Gasteiger partial charge in [0.1, 0.15) is 6.10 Å². The Labute approximate surface area is 315 Å². The number of carbonyl (C=O) groups excluding carboxylic acids is 1. The van der Waals surface area contributed by atoms with E-state index in [9.17, 15) is 14.3 Å². The lowest BCUT2D eigenvalue weighted by Gasteiger charge is -2.20. The molecule has 0 aromatic rings. The molecule has 0 radical (unpaired) electrons. The molecule has 8 nitrogen and oxygen atoms in total. The van der Waals surface area contributed by atoms with Crippen molar-refractivity contribution < 1.29 is 32.8 Å². The lowest BCUT2D eigenvalue weighted by molar-refractivity contribution is -0.154. The van der Waals surface area contributed by atoms with Crippen molar-refractivity contribution in [1.82, 2.24) is 0 Å². The first-order chi connectivity index (χ1) is 24.9. The van der Waals surface area contributed by atoms with E-state index >= 15 is 0 Å². The largest absolute Gasteiger partial charge is 0.472 e. The molecule has 0 saturated carbocycles. The van der Waals surface area contributed by atoms with Gasteiger partial charge in [0.15, 0.2) is 0 Å². The van der Waals surface area contributed by atoms with Crippen LogP contribution in [0.25, 0.3) is 0 Å². The molecular formula is C42H82NO7P. The third-order valence-corrected chi connectivity index (χ3v) is 10.1. The van der Waals surface area contributed by atoms with Gasteiger partial charge in [0.05, 0.1) is 19.8 Å². The zero-order valence-electron chi connectivity index (χ0n) is 33.3. The highest BCUT2D eigenvalue weighted by atomic mass is 31.2. The molecule has 0 aromatic carbocycles. The normalized spacial score (nSPS) is 13.7. The summed E-state index contributed by atoms with van der Waals surface area (Å²) < 4.78 is 33.4. The van der Waals surface area contributed by atoms with E-state index in [1.54, 1.807) is 0 Å². The molecular weight excluding hydrogens is 661 g/mol. The summed E-state index contributed by atoms with van der Waals surface area (Å²) in [4.78, 5) is 22.5. The van der Waals surface area contributed by atoms with Crippen molar-refractivity contribution in [3.8, 4) is 0 Å². The van der Waals surface area contributed by atoms with Crippen LogP contribution in [0.3, 0.4) is 0 Å². The number of allylic oxidation sites excluding steroid dienone is 4. The number of phosphoric ester groups is 1. The highest BCUT2D eigenvalue weighted by Crippen LogP contribution is 2.43. The van der Waals surface area contributed by atoms with Crippen molar-refractivity contribution in [3.63, 3.8) is 0 Å². The van der Waals surface area contributed by atoms with Gasteiger partial charge < -0.3 is 20.1 Å². The van der Waals surface area contributed by atoms with Gasteiger partial charge in [-0.3, -0.25) is 13.8 Å². The molecule has 302 valence electrons. The first kappa shape index (κ1) is 50.0.